The lowest BCUT2D eigenvalue weighted by atomic mass is 9.94. The highest BCUT2D eigenvalue weighted by molar-refractivity contribution is 7.90. The topological polar surface area (TPSA) is 151 Å². The molecule has 1 aromatic carbocycles. The molecule has 2 N–H and O–H groups in total. The van der Waals surface area contributed by atoms with Gasteiger partial charge in [-0.2, -0.15) is 0 Å². The van der Waals surface area contributed by atoms with Gasteiger partial charge in [-0.05, 0) is 23.3 Å². The number of piperidine rings is 1. The summed E-state index contributed by atoms with van der Waals surface area (Å²) < 4.78 is 23.1. The lowest BCUT2D eigenvalue weighted by Crippen LogP contribution is -2.52. The van der Waals surface area contributed by atoms with E-state index >= 15 is 0 Å². The van der Waals surface area contributed by atoms with Gasteiger partial charge in [0.1, 0.15) is 6.54 Å². The maximum Gasteiger partial charge on any atom is 0.322 e. The van der Waals surface area contributed by atoms with Crippen LogP contribution in [0.5, 0.6) is 0 Å². The number of ketones is 1. The van der Waals surface area contributed by atoms with E-state index in [1.165, 1.54) is 17.2 Å². The zero-order valence-corrected chi connectivity index (χ0v) is 18.0. The number of hydrogen-bond donors (Lipinski definition) is 2. The first-order valence-corrected chi connectivity index (χ1v) is 11.5. The minimum atomic E-state index is -3.38. The van der Waals surface area contributed by atoms with Crippen LogP contribution in [0.4, 0.5) is 0 Å². The number of amides is 2. The number of benzene rings is 1. The lowest BCUT2D eigenvalue weighted by molar-refractivity contribution is -0.152. The Balaban J connectivity index is 1.69. The molecule has 10 nitrogen and oxygen atoms in total. The van der Waals surface area contributed by atoms with Crippen LogP contribution in [-0.4, -0.2) is 66.3 Å². The van der Waals surface area contributed by atoms with Crippen LogP contribution in [0.2, 0.25) is 0 Å². The molecule has 1 aromatic heterocycles. The van der Waals surface area contributed by atoms with Crippen molar-refractivity contribution in [2.24, 2.45) is 5.92 Å². The van der Waals surface area contributed by atoms with Crippen LogP contribution in [0.1, 0.15) is 12.0 Å². The highest BCUT2D eigenvalue weighted by Gasteiger charge is 2.40. The Hall–Kier alpha value is -3.60. The number of aliphatic carboxylic acids is 1. The summed E-state index contributed by atoms with van der Waals surface area (Å²) in [5.41, 5.74) is 2.29. The number of carbonyl (C=O) groups excluding carboxylic acids is 3. The minimum Gasteiger partial charge on any atom is -0.480 e. The van der Waals surface area contributed by atoms with Crippen LogP contribution in [0.3, 0.4) is 0 Å². The first-order chi connectivity index (χ1) is 15.1. The largest absolute Gasteiger partial charge is 0.480 e. The van der Waals surface area contributed by atoms with Gasteiger partial charge >= 0.3 is 5.97 Å². The average Bonchev–Trinajstić information content (AvgIpc) is 2.74. The molecule has 32 heavy (non-hydrogen) atoms. The number of pyridine rings is 1. The van der Waals surface area contributed by atoms with E-state index < -0.39 is 45.9 Å². The fourth-order valence-corrected chi connectivity index (χ4v) is 3.85. The van der Waals surface area contributed by atoms with Crippen molar-refractivity contribution >= 4 is 33.4 Å². The molecule has 0 aliphatic carbocycles. The van der Waals surface area contributed by atoms with Crippen LogP contribution in [0.15, 0.2) is 47.6 Å². The second-order valence-corrected chi connectivity index (χ2v) is 9.34. The first kappa shape index (κ1) is 23.1. The molecular formula is C21H21N3O7S. The standard InChI is InChI=1S/C21H21N3O7S/c1-32(30,31)17-7-6-15(10-22-17)14-4-2-13(3-5-14)12-24-9-8-16(25)19(21(24)29)20(28)23-11-18(26)27/h2-7,10,19H,8-9,11-12H2,1H3,(H,23,28)(H,26,27). The van der Waals surface area contributed by atoms with Gasteiger partial charge in [0.05, 0.1) is 0 Å². The maximum absolute atomic E-state index is 12.7. The number of nitrogens with one attached hydrogen (secondary N) is 1. The molecule has 0 bridgehead atoms. The van der Waals surface area contributed by atoms with Crippen molar-refractivity contribution in [3.8, 4) is 11.1 Å². The van der Waals surface area contributed by atoms with Crippen molar-refractivity contribution in [1.29, 1.82) is 0 Å². The van der Waals surface area contributed by atoms with Gasteiger partial charge in [0.15, 0.2) is 26.6 Å². The van der Waals surface area contributed by atoms with E-state index in [1.54, 1.807) is 30.3 Å². The van der Waals surface area contributed by atoms with Gasteiger partial charge in [0, 0.05) is 37.5 Å². The smallest absolute Gasteiger partial charge is 0.322 e. The molecule has 1 atom stereocenters. The van der Waals surface area contributed by atoms with Crippen LogP contribution >= 0.6 is 0 Å². The van der Waals surface area contributed by atoms with E-state index in [0.717, 1.165) is 22.9 Å². The number of aromatic nitrogens is 1. The lowest BCUT2D eigenvalue weighted by Gasteiger charge is -2.30. The Bertz CT molecular complexity index is 1160. The molecule has 0 spiro atoms. The second kappa shape index (κ2) is 9.27. The number of carbonyl (C=O) groups is 4. The highest BCUT2D eigenvalue weighted by Crippen LogP contribution is 2.22. The van der Waals surface area contributed by atoms with Crippen molar-refractivity contribution in [2.75, 3.05) is 19.3 Å². The first-order valence-electron chi connectivity index (χ1n) is 9.62. The van der Waals surface area contributed by atoms with Crippen LogP contribution < -0.4 is 5.32 Å². The van der Waals surface area contributed by atoms with Crippen molar-refractivity contribution in [1.82, 2.24) is 15.2 Å². The Labute approximate surface area is 184 Å². The van der Waals surface area contributed by atoms with Gasteiger partial charge < -0.3 is 15.3 Å². The summed E-state index contributed by atoms with van der Waals surface area (Å²) in [6.45, 7) is -0.323. The summed E-state index contributed by atoms with van der Waals surface area (Å²) in [5.74, 6) is -4.91. The van der Waals surface area contributed by atoms with E-state index in [1.807, 2.05) is 0 Å². The Morgan fingerprint density at radius 1 is 1.12 bits per heavy atom. The molecular weight excluding hydrogens is 438 g/mol. The van der Waals surface area contributed by atoms with Gasteiger partial charge in [-0.3, -0.25) is 19.2 Å². The molecule has 168 valence electrons. The van der Waals surface area contributed by atoms with Crippen LogP contribution in [0.25, 0.3) is 11.1 Å². The van der Waals surface area contributed by atoms with Crippen molar-refractivity contribution < 1.29 is 32.7 Å². The predicted octanol–water partition coefficient (Wildman–Crippen LogP) is 0.271. The zero-order chi connectivity index (χ0) is 23.5. The van der Waals surface area contributed by atoms with E-state index in [-0.39, 0.29) is 24.5 Å². The fourth-order valence-electron chi connectivity index (χ4n) is 3.29. The summed E-state index contributed by atoms with van der Waals surface area (Å²) in [7, 11) is -3.38. The minimum absolute atomic E-state index is 0.00728. The number of nitrogens with zero attached hydrogens (tertiary/aromatic N) is 2. The van der Waals surface area contributed by atoms with Gasteiger partial charge in [-0.25, -0.2) is 13.4 Å². The number of rotatable bonds is 7. The van der Waals surface area contributed by atoms with Gasteiger partial charge in [-0.15, -0.1) is 0 Å². The van der Waals surface area contributed by atoms with Gasteiger partial charge in [-0.1, -0.05) is 24.3 Å². The van der Waals surface area contributed by atoms with Crippen molar-refractivity contribution in [3.05, 3.63) is 48.2 Å². The molecule has 1 aliphatic rings. The molecule has 0 radical (unpaired) electrons. The van der Waals surface area contributed by atoms with E-state index in [2.05, 4.69) is 10.3 Å². The average molecular weight is 459 g/mol. The normalized spacial score (nSPS) is 16.7. The maximum atomic E-state index is 12.7. The molecule has 1 unspecified atom stereocenters. The molecule has 2 aromatic rings. The van der Waals surface area contributed by atoms with Gasteiger partial charge in [0.2, 0.25) is 11.8 Å². The number of sulfone groups is 1. The SMILES string of the molecule is CS(=O)(=O)c1ccc(-c2ccc(CN3CCC(=O)C(C(=O)NCC(=O)O)C3=O)cc2)cn1. The van der Waals surface area contributed by atoms with Crippen LogP contribution in [-0.2, 0) is 35.6 Å². The number of likely N-dealkylation sites (tertiary alicyclic amines) is 1. The molecule has 3 rings (SSSR count). The predicted molar refractivity (Wildman–Crippen MR) is 112 cm³/mol. The van der Waals surface area contributed by atoms with Crippen molar-refractivity contribution in [2.45, 2.75) is 18.0 Å². The summed E-state index contributed by atoms with van der Waals surface area (Å²) in [6.07, 6.45) is 2.55. The summed E-state index contributed by atoms with van der Waals surface area (Å²) in [6, 6.07) is 10.2. The number of carboxylic acids is 1. The van der Waals surface area contributed by atoms with Crippen molar-refractivity contribution in [3.63, 3.8) is 0 Å². The third-order valence-electron chi connectivity index (χ3n) is 4.96. The monoisotopic (exact) mass is 459 g/mol. The zero-order valence-electron chi connectivity index (χ0n) is 17.1. The molecule has 2 heterocycles. The number of carboxylic acid groups (broad SMARTS) is 1. The Morgan fingerprint density at radius 3 is 2.34 bits per heavy atom. The second-order valence-electron chi connectivity index (χ2n) is 7.37. The molecule has 1 saturated heterocycles. The van der Waals surface area contributed by atoms with E-state index in [4.69, 9.17) is 5.11 Å². The van der Waals surface area contributed by atoms with E-state index in [9.17, 15) is 27.6 Å². The third-order valence-corrected chi connectivity index (χ3v) is 5.96. The van der Waals surface area contributed by atoms with E-state index in [0.29, 0.717) is 0 Å². The molecule has 1 fully saturated rings. The molecule has 2 amide bonds. The fraction of sp³-hybridized carbons (Fsp3) is 0.286. The van der Waals surface area contributed by atoms with Crippen LogP contribution in [0, 0.1) is 5.92 Å². The Morgan fingerprint density at radius 2 is 1.78 bits per heavy atom. The summed E-state index contributed by atoms with van der Waals surface area (Å²) in [5, 5.41) is 10.7. The molecule has 0 saturated carbocycles. The molecule has 1 aliphatic heterocycles. The number of Topliss-reactive ketones (excluding diaryl/α,β-unsaturated/α-hetero) is 1. The highest BCUT2D eigenvalue weighted by atomic mass is 32.2. The quantitative estimate of drug-likeness (QED) is 0.560. The summed E-state index contributed by atoms with van der Waals surface area (Å²) >= 11 is 0. The third kappa shape index (κ3) is 5.35. The number of hydrogen-bond acceptors (Lipinski definition) is 7. The molecule has 11 heteroatoms. The van der Waals surface area contributed by atoms with Gasteiger partial charge in [0.25, 0.3) is 0 Å². The Kier molecular flexibility index (Phi) is 6.68. The summed E-state index contributed by atoms with van der Waals surface area (Å²) in [4.78, 5) is 52.8.